The summed E-state index contributed by atoms with van der Waals surface area (Å²) in [5, 5.41) is 19.4. The molecule has 4 N–H and O–H groups in total. The number of para-hydroxylation sites is 1. The fourth-order valence-electron chi connectivity index (χ4n) is 5.72. The monoisotopic (exact) mass is 746 g/mol. The summed E-state index contributed by atoms with van der Waals surface area (Å²) in [7, 11) is 0. The number of carbonyl (C=O) groups excluding carboxylic acids is 4. The highest BCUT2D eigenvalue weighted by Crippen LogP contribution is 2.38. The maximum atomic E-state index is 13.7. The van der Waals surface area contributed by atoms with Gasteiger partial charge in [-0.1, -0.05) is 42.5 Å². The van der Waals surface area contributed by atoms with Crippen LogP contribution in [0, 0.1) is 11.3 Å². The Labute approximate surface area is 315 Å². The molecule has 1 aliphatic rings. The molecular weight excluding hydrogens is 709 g/mol. The zero-order chi connectivity index (χ0) is 37.7. The third-order valence-electron chi connectivity index (χ3n) is 8.28. The van der Waals surface area contributed by atoms with Gasteiger partial charge in [-0.25, -0.2) is 4.79 Å². The molecule has 0 saturated heterocycles. The van der Waals surface area contributed by atoms with E-state index in [-0.39, 0.29) is 11.6 Å². The van der Waals surface area contributed by atoms with Crippen molar-refractivity contribution in [1.29, 1.82) is 5.26 Å². The summed E-state index contributed by atoms with van der Waals surface area (Å²) in [6, 6.07) is 25.6. The fraction of sp³-hybridized carbons (Fsp3) is 0.225. The molecule has 11 nitrogen and oxygen atoms in total. The first-order chi connectivity index (χ1) is 25.4. The first kappa shape index (κ1) is 36.9. The van der Waals surface area contributed by atoms with Crippen LogP contribution in [0.4, 0.5) is 15.5 Å². The normalized spacial score (nSPS) is 13.4. The van der Waals surface area contributed by atoms with Gasteiger partial charge in [0.2, 0.25) is 5.91 Å². The first-order valence-electron chi connectivity index (χ1n) is 16.9. The second-order valence-corrected chi connectivity index (χ2v) is 15.9. The SMILES string of the molecule is CC(Sc1cccc(NC(=O)/C(=C/c2c[nH]c3ccccc23)NC(=O)c2ccccc2)c1)C(=O)Nc1sc2c(c1C#N)CCN(C(=O)OC(C)(C)C)C2. The Morgan fingerprint density at radius 2 is 1.77 bits per heavy atom. The van der Waals surface area contributed by atoms with Crippen molar-refractivity contribution in [2.45, 2.75) is 56.4 Å². The molecule has 5 aromatic rings. The number of aromatic amines is 1. The van der Waals surface area contributed by atoms with Crippen LogP contribution in [0.5, 0.6) is 0 Å². The fourth-order valence-corrected chi connectivity index (χ4v) is 7.86. The van der Waals surface area contributed by atoms with Crippen molar-refractivity contribution in [2.75, 3.05) is 17.2 Å². The van der Waals surface area contributed by atoms with Crippen LogP contribution in [-0.4, -0.2) is 51.1 Å². The van der Waals surface area contributed by atoms with E-state index in [2.05, 4.69) is 27.0 Å². The summed E-state index contributed by atoms with van der Waals surface area (Å²) in [5.74, 6) is -1.25. The number of nitrogens with zero attached hydrogens (tertiary/aromatic N) is 2. The van der Waals surface area contributed by atoms with Crippen molar-refractivity contribution in [2.24, 2.45) is 0 Å². The minimum atomic E-state index is -0.624. The number of amides is 4. The highest BCUT2D eigenvalue weighted by atomic mass is 32.2. The van der Waals surface area contributed by atoms with E-state index in [1.807, 2.05) is 57.2 Å². The van der Waals surface area contributed by atoms with Gasteiger partial charge in [0, 0.05) is 50.2 Å². The molecule has 4 amide bonds. The summed E-state index contributed by atoms with van der Waals surface area (Å²) in [6.07, 6.45) is 3.48. The van der Waals surface area contributed by atoms with Gasteiger partial charge in [0.05, 0.1) is 17.4 Å². The lowest BCUT2D eigenvalue weighted by molar-refractivity contribution is -0.115. The van der Waals surface area contributed by atoms with Gasteiger partial charge in [0.25, 0.3) is 11.8 Å². The first-order valence-corrected chi connectivity index (χ1v) is 18.6. The minimum absolute atomic E-state index is 0.0514. The van der Waals surface area contributed by atoms with Gasteiger partial charge in [0.1, 0.15) is 22.4 Å². The molecule has 270 valence electrons. The van der Waals surface area contributed by atoms with E-state index in [0.29, 0.717) is 41.3 Å². The van der Waals surface area contributed by atoms with Crippen molar-refractivity contribution in [3.05, 3.63) is 118 Å². The molecule has 53 heavy (non-hydrogen) atoms. The molecule has 0 spiro atoms. The number of hydrogen-bond acceptors (Lipinski definition) is 8. The molecule has 13 heteroatoms. The highest BCUT2D eigenvalue weighted by Gasteiger charge is 2.30. The van der Waals surface area contributed by atoms with Crippen molar-refractivity contribution in [3.63, 3.8) is 0 Å². The average Bonchev–Trinajstić information content (AvgIpc) is 3.70. The quantitative estimate of drug-likeness (QED) is 0.0882. The van der Waals surface area contributed by atoms with E-state index in [1.165, 1.54) is 23.1 Å². The Morgan fingerprint density at radius 1 is 1.02 bits per heavy atom. The molecule has 1 unspecified atom stereocenters. The molecule has 1 aliphatic heterocycles. The lowest BCUT2D eigenvalue weighted by Crippen LogP contribution is -2.39. The van der Waals surface area contributed by atoms with Gasteiger partial charge < -0.3 is 30.6 Å². The van der Waals surface area contributed by atoms with E-state index in [0.717, 1.165) is 31.8 Å². The van der Waals surface area contributed by atoms with Crippen LogP contribution >= 0.6 is 23.1 Å². The predicted molar refractivity (Wildman–Crippen MR) is 209 cm³/mol. The molecule has 3 heterocycles. The lowest BCUT2D eigenvalue weighted by Gasteiger charge is -2.29. The number of thioether (sulfide) groups is 1. The van der Waals surface area contributed by atoms with Crippen LogP contribution in [0.2, 0.25) is 0 Å². The Balaban J connectivity index is 1.14. The average molecular weight is 747 g/mol. The molecule has 2 aromatic heterocycles. The van der Waals surface area contributed by atoms with Gasteiger partial charge in [-0.15, -0.1) is 23.1 Å². The summed E-state index contributed by atoms with van der Waals surface area (Å²) in [6.45, 7) is 7.92. The highest BCUT2D eigenvalue weighted by molar-refractivity contribution is 8.00. The third kappa shape index (κ3) is 8.97. The van der Waals surface area contributed by atoms with Crippen LogP contribution in [0.1, 0.15) is 59.6 Å². The number of nitrogens with one attached hydrogen (secondary N) is 4. The van der Waals surface area contributed by atoms with E-state index in [4.69, 9.17) is 4.74 Å². The van der Waals surface area contributed by atoms with Crippen LogP contribution in [-0.2, 0) is 27.3 Å². The van der Waals surface area contributed by atoms with Crippen LogP contribution in [0.25, 0.3) is 17.0 Å². The number of aromatic nitrogens is 1. The van der Waals surface area contributed by atoms with E-state index < -0.39 is 28.8 Å². The Bertz CT molecular complexity index is 2260. The molecular formula is C40H38N6O5S2. The second kappa shape index (κ2) is 15.8. The maximum Gasteiger partial charge on any atom is 0.410 e. The van der Waals surface area contributed by atoms with Gasteiger partial charge in [-0.05, 0) is 82.2 Å². The smallest absolute Gasteiger partial charge is 0.410 e. The second-order valence-electron chi connectivity index (χ2n) is 13.4. The van der Waals surface area contributed by atoms with Crippen LogP contribution in [0.3, 0.4) is 0 Å². The number of fused-ring (bicyclic) bond motifs is 2. The zero-order valence-corrected chi connectivity index (χ0v) is 31.2. The number of H-pyrrole nitrogens is 1. The molecule has 6 rings (SSSR count). The minimum Gasteiger partial charge on any atom is -0.444 e. The van der Waals surface area contributed by atoms with Crippen molar-refractivity contribution < 1.29 is 23.9 Å². The van der Waals surface area contributed by atoms with Crippen molar-refractivity contribution in [1.82, 2.24) is 15.2 Å². The largest absolute Gasteiger partial charge is 0.444 e. The molecule has 0 radical (unpaired) electrons. The van der Waals surface area contributed by atoms with Gasteiger partial charge in [-0.3, -0.25) is 14.4 Å². The third-order valence-corrected chi connectivity index (χ3v) is 10.5. The standard InChI is InChI=1S/C40H38N6O5S2/c1-24(35(47)45-38-31(21-41)30-17-18-46(23-34(30)53-38)39(50)51-40(2,3)4)52-28-14-10-13-27(20-28)43-37(49)33(44-36(48)25-11-6-5-7-12-25)19-26-22-42-32-16-9-8-15-29(26)32/h5-16,19-20,22,24,42H,17-18,23H2,1-4H3,(H,43,49)(H,44,48)(H,45,47)/b33-19-. The number of rotatable bonds is 9. The zero-order valence-electron chi connectivity index (χ0n) is 29.6. The lowest BCUT2D eigenvalue weighted by atomic mass is 10.0. The number of carbonyl (C=O) groups is 4. The summed E-state index contributed by atoms with van der Waals surface area (Å²) >= 11 is 2.59. The van der Waals surface area contributed by atoms with Gasteiger partial charge in [0.15, 0.2) is 0 Å². The molecule has 3 aromatic carbocycles. The number of ether oxygens (including phenoxy) is 1. The molecule has 0 aliphatic carbocycles. The van der Waals surface area contributed by atoms with Crippen molar-refractivity contribution in [3.8, 4) is 6.07 Å². The number of anilines is 2. The molecule has 0 saturated carbocycles. The van der Waals surface area contributed by atoms with Crippen LogP contribution < -0.4 is 16.0 Å². The van der Waals surface area contributed by atoms with E-state index in [9.17, 15) is 24.4 Å². The van der Waals surface area contributed by atoms with Crippen LogP contribution in [0.15, 0.2) is 95.7 Å². The van der Waals surface area contributed by atoms with Crippen molar-refractivity contribution >= 4 is 74.6 Å². The number of thiophene rings is 1. The van der Waals surface area contributed by atoms with Gasteiger partial charge in [-0.2, -0.15) is 5.26 Å². The van der Waals surface area contributed by atoms with Gasteiger partial charge >= 0.3 is 6.09 Å². The summed E-state index contributed by atoms with van der Waals surface area (Å²) in [4.78, 5) is 59.3. The number of nitriles is 1. The molecule has 1 atom stereocenters. The summed E-state index contributed by atoms with van der Waals surface area (Å²) < 4.78 is 5.53. The van der Waals surface area contributed by atoms with E-state index in [1.54, 1.807) is 66.6 Å². The molecule has 0 bridgehead atoms. The topological polar surface area (TPSA) is 156 Å². The summed E-state index contributed by atoms with van der Waals surface area (Å²) in [5.41, 5.74) is 3.19. The number of hydrogen-bond donors (Lipinski definition) is 4. The Kier molecular flexibility index (Phi) is 11.0. The Hall–Kier alpha value is -5.84. The van der Waals surface area contributed by atoms with E-state index >= 15 is 0 Å². The number of benzene rings is 3. The maximum absolute atomic E-state index is 13.7. The molecule has 0 fully saturated rings. The predicted octanol–water partition coefficient (Wildman–Crippen LogP) is 7.92. The Morgan fingerprint density at radius 3 is 2.53 bits per heavy atom.